The number of hydrogen-bond donors (Lipinski definition) is 0. The number of aromatic nitrogens is 1. The van der Waals surface area contributed by atoms with Gasteiger partial charge in [0.2, 0.25) is 0 Å². The molecule has 3 heterocycles. The number of carbonyl (C=O) groups excluding carboxylic acids is 1. The summed E-state index contributed by atoms with van der Waals surface area (Å²) in [6.07, 6.45) is 2.24. The Labute approximate surface area is 116 Å². The highest BCUT2D eigenvalue weighted by Gasteiger charge is 2.22. The molecule has 2 aromatic heterocycles. The van der Waals surface area contributed by atoms with Crippen LogP contribution in [0.2, 0.25) is 0 Å². The Hall–Kier alpha value is -1.62. The minimum Gasteiger partial charge on any atom is -0.361 e. The summed E-state index contributed by atoms with van der Waals surface area (Å²) in [5, 5.41) is 3.96. The molecule has 5 heteroatoms. The van der Waals surface area contributed by atoms with Crippen LogP contribution in [0.4, 0.5) is 0 Å². The summed E-state index contributed by atoms with van der Waals surface area (Å²) >= 11 is 1.52. The zero-order valence-corrected chi connectivity index (χ0v) is 11.9. The van der Waals surface area contributed by atoms with Gasteiger partial charge in [0.1, 0.15) is 5.76 Å². The molecule has 3 rings (SSSR count). The zero-order valence-electron chi connectivity index (χ0n) is 11.1. The van der Waals surface area contributed by atoms with E-state index >= 15 is 0 Å². The summed E-state index contributed by atoms with van der Waals surface area (Å²) in [7, 11) is 0. The largest absolute Gasteiger partial charge is 0.361 e. The molecule has 0 aromatic carbocycles. The van der Waals surface area contributed by atoms with Crippen molar-refractivity contribution < 1.29 is 9.32 Å². The molecule has 0 N–H and O–H groups in total. The van der Waals surface area contributed by atoms with Gasteiger partial charge in [0, 0.05) is 18.0 Å². The highest BCUT2D eigenvalue weighted by molar-refractivity contribution is 7.17. The molecule has 1 aliphatic heterocycles. The Morgan fingerprint density at radius 2 is 2.05 bits per heavy atom. The second-order valence-electron chi connectivity index (χ2n) is 4.86. The number of likely N-dealkylation sites (tertiary alicyclic amines) is 1. The van der Waals surface area contributed by atoms with E-state index in [9.17, 15) is 4.79 Å². The van der Waals surface area contributed by atoms with E-state index in [0.29, 0.717) is 0 Å². The van der Waals surface area contributed by atoms with Crippen molar-refractivity contribution in [1.29, 1.82) is 0 Å². The maximum absolute atomic E-state index is 12.3. The maximum atomic E-state index is 12.3. The van der Waals surface area contributed by atoms with E-state index in [1.165, 1.54) is 11.3 Å². The molecule has 1 aliphatic rings. The van der Waals surface area contributed by atoms with Crippen LogP contribution in [0.15, 0.2) is 16.7 Å². The molecule has 1 saturated heterocycles. The van der Waals surface area contributed by atoms with Crippen molar-refractivity contribution in [2.45, 2.75) is 26.7 Å². The average Bonchev–Trinajstić information content (AvgIpc) is 3.10. The van der Waals surface area contributed by atoms with Crippen LogP contribution in [0, 0.1) is 13.8 Å². The highest BCUT2D eigenvalue weighted by atomic mass is 32.1. The molecule has 0 bridgehead atoms. The van der Waals surface area contributed by atoms with Gasteiger partial charge < -0.3 is 9.42 Å². The quantitative estimate of drug-likeness (QED) is 0.845. The average molecular weight is 276 g/mol. The first-order valence-electron chi connectivity index (χ1n) is 6.49. The first-order valence-corrected chi connectivity index (χ1v) is 7.31. The van der Waals surface area contributed by atoms with Gasteiger partial charge in [-0.3, -0.25) is 4.79 Å². The Bertz CT molecular complexity index is 589. The lowest BCUT2D eigenvalue weighted by atomic mass is 10.2. The summed E-state index contributed by atoms with van der Waals surface area (Å²) in [6.45, 7) is 5.60. The summed E-state index contributed by atoms with van der Waals surface area (Å²) < 4.78 is 5.18. The lowest BCUT2D eigenvalue weighted by molar-refractivity contribution is 0.0797. The zero-order chi connectivity index (χ0) is 13.4. The molecule has 0 radical (unpaired) electrons. The highest BCUT2D eigenvalue weighted by Crippen LogP contribution is 2.33. The molecule has 0 atom stereocenters. The molecule has 0 aliphatic carbocycles. The Kier molecular flexibility index (Phi) is 3.14. The van der Waals surface area contributed by atoms with Gasteiger partial charge in [-0.15, -0.1) is 11.3 Å². The van der Waals surface area contributed by atoms with Gasteiger partial charge in [0.25, 0.3) is 5.91 Å². The van der Waals surface area contributed by atoms with Gasteiger partial charge in [-0.25, -0.2) is 0 Å². The van der Waals surface area contributed by atoms with Crippen LogP contribution in [-0.4, -0.2) is 29.1 Å². The van der Waals surface area contributed by atoms with E-state index in [1.54, 1.807) is 0 Å². The lowest BCUT2D eigenvalue weighted by Gasteiger charge is -2.13. The number of carbonyl (C=O) groups is 1. The van der Waals surface area contributed by atoms with Gasteiger partial charge in [0.15, 0.2) is 0 Å². The van der Waals surface area contributed by atoms with Gasteiger partial charge in [-0.1, -0.05) is 5.16 Å². The Morgan fingerprint density at radius 1 is 1.32 bits per heavy atom. The van der Waals surface area contributed by atoms with Crippen LogP contribution in [-0.2, 0) is 0 Å². The molecule has 4 nitrogen and oxygen atoms in total. The minimum atomic E-state index is 0.153. The van der Waals surface area contributed by atoms with Crippen LogP contribution in [0.25, 0.3) is 10.4 Å². The first kappa shape index (κ1) is 12.4. The fourth-order valence-electron chi connectivity index (χ4n) is 2.50. The van der Waals surface area contributed by atoms with Crippen LogP contribution >= 0.6 is 11.3 Å². The molecule has 0 saturated carbocycles. The van der Waals surface area contributed by atoms with Crippen molar-refractivity contribution in [3.63, 3.8) is 0 Å². The van der Waals surface area contributed by atoms with Gasteiger partial charge in [0.05, 0.1) is 16.1 Å². The van der Waals surface area contributed by atoms with Crippen LogP contribution < -0.4 is 0 Å². The van der Waals surface area contributed by atoms with Crippen molar-refractivity contribution >= 4 is 17.2 Å². The summed E-state index contributed by atoms with van der Waals surface area (Å²) in [6, 6.07) is 3.90. The third kappa shape index (κ3) is 2.18. The number of amides is 1. The third-order valence-electron chi connectivity index (χ3n) is 3.49. The molecular weight excluding hydrogens is 260 g/mol. The molecule has 0 unspecified atom stereocenters. The van der Waals surface area contributed by atoms with Crippen molar-refractivity contribution in [2.24, 2.45) is 0 Å². The van der Waals surface area contributed by atoms with Crippen molar-refractivity contribution in [3.8, 4) is 10.4 Å². The first-order chi connectivity index (χ1) is 9.16. The lowest BCUT2D eigenvalue weighted by Crippen LogP contribution is -2.26. The minimum absolute atomic E-state index is 0.153. The van der Waals surface area contributed by atoms with E-state index < -0.39 is 0 Å². The predicted molar refractivity (Wildman–Crippen MR) is 74.4 cm³/mol. The normalized spacial score (nSPS) is 15.2. The summed E-state index contributed by atoms with van der Waals surface area (Å²) in [5.41, 5.74) is 1.89. The maximum Gasteiger partial charge on any atom is 0.263 e. The number of nitrogens with zero attached hydrogens (tertiary/aromatic N) is 2. The fraction of sp³-hybridized carbons (Fsp3) is 0.429. The molecule has 2 aromatic rings. The van der Waals surface area contributed by atoms with Crippen LogP contribution in [0.1, 0.15) is 34.0 Å². The monoisotopic (exact) mass is 276 g/mol. The van der Waals surface area contributed by atoms with Crippen molar-refractivity contribution in [3.05, 3.63) is 28.5 Å². The number of aryl methyl sites for hydroxylation is 2. The number of rotatable bonds is 2. The van der Waals surface area contributed by atoms with E-state index in [1.807, 2.05) is 30.9 Å². The van der Waals surface area contributed by atoms with E-state index in [0.717, 1.165) is 52.7 Å². The van der Waals surface area contributed by atoms with Gasteiger partial charge in [-0.05, 0) is 38.8 Å². The van der Waals surface area contributed by atoms with Gasteiger partial charge in [-0.2, -0.15) is 0 Å². The predicted octanol–water partition coefficient (Wildman–Crippen LogP) is 3.26. The summed E-state index contributed by atoms with van der Waals surface area (Å²) in [4.78, 5) is 16.1. The van der Waals surface area contributed by atoms with Crippen LogP contribution in [0.5, 0.6) is 0 Å². The molecular formula is C14H16N2O2S. The van der Waals surface area contributed by atoms with Crippen LogP contribution in [0.3, 0.4) is 0 Å². The third-order valence-corrected chi connectivity index (χ3v) is 4.58. The van der Waals surface area contributed by atoms with Gasteiger partial charge >= 0.3 is 0 Å². The number of thiophene rings is 1. The molecule has 19 heavy (non-hydrogen) atoms. The Balaban J connectivity index is 1.89. The van der Waals surface area contributed by atoms with E-state index in [-0.39, 0.29) is 5.91 Å². The second-order valence-corrected chi connectivity index (χ2v) is 5.95. The van der Waals surface area contributed by atoms with Crippen molar-refractivity contribution in [1.82, 2.24) is 10.1 Å². The second kappa shape index (κ2) is 4.81. The smallest absolute Gasteiger partial charge is 0.263 e. The molecule has 0 spiro atoms. The van der Waals surface area contributed by atoms with Crippen molar-refractivity contribution in [2.75, 3.05) is 13.1 Å². The molecule has 1 fully saturated rings. The SMILES string of the molecule is Cc1noc(C)c1-c1ccc(C(=O)N2CCCC2)s1. The summed E-state index contributed by atoms with van der Waals surface area (Å²) in [5.74, 6) is 0.958. The van der Waals surface area contributed by atoms with E-state index in [4.69, 9.17) is 4.52 Å². The fourth-order valence-corrected chi connectivity index (χ4v) is 3.62. The molecule has 1 amide bonds. The van der Waals surface area contributed by atoms with E-state index in [2.05, 4.69) is 5.16 Å². The molecule has 100 valence electrons. The Morgan fingerprint density at radius 3 is 2.68 bits per heavy atom. The topological polar surface area (TPSA) is 46.3 Å². The number of hydrogen-bond acceptors (Lipinski definition) is 4. The standard InChI is InChI=1S/C14H16N2O2S/c1-9-13(10(2)18-15-9)11-5-6-12(19-11)14(17)16-7-3-4-8-16/h5-6H,3-4,7-8H2,1-2H3.